The van der Waals surface area contributed by atoms with Gasteiger partial charge in [-0.25, -0.2) is 0 Å². The molecular weight excluding hydrogens is 448 g/mol. The van der Waals surface area contributed by atoms with Gasteiger partial charge in [0, 0.05) is 49.1 Å². The van der Waals surface area contributed by atoms with Gasteiger partial charge >= 0.3 is 0 Å². The summed E-state index contributed by atoms with van der Waals surface area (Å²) in [4.78, 5) is 41.6. The van der Waals surface area contributed by atoms with Crippen LogP contribution in [0.4, 0.5) is 0 Å². The van der Waals surface area contributed by atoms with E-state index in [1.165, 1.54) is 0 Å². The molecule has 0 aromatic rings. The van der Waals surface area contributed by atoms with E-state index in [0.717, 1.165) is 6.42 Å². The fourth-order valence-corrected chi connectivity index (χ4v) is 2.70. The van der Waals surface area contributed by atoms with Crippen LogP contribution in [-0.2, 0) is 28.6 Å². The smallest absolute Gasteiger partial charge is 0.246 e. The van der Waals surface area contributed by atoms with Crippen molar-refractivity contribution in [2.24, 2.45) is 10.2 Å². The second kappa shape index (κ2) is 23.3. The van der Waals surface area contributed by atoms with Gasteiger partial charge in [0.15, 0.2) is 5.78 Å². The number of Topliss-reactive ketones (excluding diaryl/α,β-unsaturated/α-hetero) is 1. The zero-order valence-electron chi connectivity index (χ0n) is 19.8. The van der Waals surface area contributed by atoms with Crippen molar-refractivity contribution >= 4 is 17.6 Å². The van der Waals surface area contributed by atoms with E-state index in [4.69, 9.17) is 25.3 Å². The van der Waals surface area contributed by atoms with Crippen molar-refractivity contribution in [3.63, 3.8) is 0 Å². The first kappa shape index (κ1) is 31.1. The first-order chi connectivity index (χ1) is 16.5. The van der Waals surface area contributed by atoms with Crippen molar-refractivity contribution in [1.29, 1.82) is 0 Å². The molecule has 0 fully saturated rings. The molecule has 0 spiro atoms. The maximum absolute atomic E-state index is 12.6. The molecule has 0 saturated heterocycles. The van der Waals surface area contributed by atoms with E-state index >= 15 is 0 Å². The summed E-state index contributed by atoms with van der Waals surface area (Å²) in [6, 6.07) is -0.638. The van der Waals surface area contributed by atoms with Crippen molar-refractivity contribution in [1.82, 2.24) is 10.6 Å². The highest BCUT2D eigenvalue weighted by molar-refractivity contribution is 5.89. The predicted molar refractivity (Wildman–Crippen MR) is 124 cm³/mol. The van der Waals surface area contributed by atoms with Gasteiger partial charge in [-0.05, 0) is 43.2 Å². The van der Waals surface area contributed by atoms with E-state index in [1.54, 1.807) is 0 Å². The van der Waals surface area contributed by atoms with Crippen LogP contribution in [0.5, 0.6) is 0 Å². The third-order valence-corrected chi connectivity index (χ3v) is 4.29. The molecule has 0 saturated carbocycles. The first-order valence-electron chi connectivity index (χ1n) is 11.4. The Balaban J connectivity index is 4.30. The van der Waals surface area contributed by atoms with Crippen molar-refractivity contribution in [3.8, 4) is 0 Å². The Morgan fingerprint density at radius 1 is 0.853 bits per heavy atom. The molecule has 0 aliphatic carbocycles. The Morgan fingerprint density at radius 2 is 1.50 bits per heavy atom. The summed E-state index contributed by atoms with van der Waals surface area (Å²) < 4.78 is 15.6. The lowest BCUT2D eigenvalue weighted by Gasteiger charge is -2.18. The molecule has 14 heteroatoms. The number of carbonyl (C=O) groups excluding carboxylic acids is 3. The zero-order chi connectivity index (χ0) is 25.3. The average molecular weight is 485 g/mol. The number of unbranched alkanes of at least 4 members (excludes halogenated alkanes) is 1. The number of carbonyl (C=O) groups is 3. The minimum atomic E-state index is -0.638. The molecule has 0 aromatic carbocycles. The van der Waals surface area contributed by atoms with Gasteiger partial charge in [0.1, 0.15) is 13.2 Å². The second-order valence-electron chi connectivity index (χ2n) is 7.16. The van der Waals surface area contributed by atoms with E-state index in [9.17, 15) is 14.4 Å². The number of azide groups is 2. The molecule has 0 aliphatic rings. The molecule has 2 N–H and O–H groups in total. The fraction of sp³-hybridized carbons (Fsp3) is 0.850. The van der Waals surface area contributed by atoms with Crippen molar-refractivity contribution < 1.29 is 28.6 Å². The number of hydrogen-bond acceptors (Lipinski definition) is 8. The van der Waals surface area contributed by atoms with Crippen LogP contribution in [0.2, 0.25) is 0 Å². The minimum Gasteiger partial charge on any atom is -0.381 e. The molecule has 1 atom stereocenters. The lowest BCUT2D eigenvalue weighted by atomic mass is 10.0. The van der Waals surface area contributed by atoms with Crippen LogP contribution in [0.3, 0.4) is 0 Å². The predicted octanol–water partition coefficient (Wildman–Crippen LogP) is 2.19. The average Bonchev–Trinajstić information content (AvgIpc) is 2.82. The number of nitrogens with zero attached hydrogens (tertiary/aromatic N) is 6. The Bertz CT molecular complexity index is 680. The molecule has 0 aliphatic heterocycles. The van der Waals surface area contributed by atoms with Crippen molar-refractivity contribution in [3.05, 3.63) is 20.9 Å². The molecular formula is C20H36N8O6. The second-order valence-corrected chi connectivity index (χ2v) is 7.16. The Labute approximate surface area is 199 Å². The molecule has 2 amide bonds. The van der Waals surface area contributed by atoms with Crippen LogP contribution < -0.4 is 10.6 Å². The van der Waals surface area contributed by atoms with Gasteiger partial charge in [0.05, 0.1) is 19.3 Å². The van der Waals surface area contributed by atoms with Crippen molar-refractivity contribution in [2.45, 2.75) is 51.5 Å². The van der Waals surface area contributed by atoms with Gasteiger partial charge in [-0.2, -0.15) is 0 Å². The molecule has 14 nitrogen and oxygen atoms in total. The third kappa shape index (κ3) is 19.8. The molecule has 34 heavy (non-hydrogen) atoms. The molecule has 192 valence electrons. The largest absolute Gasteiger partial charge is 0.381 e. The highest BCUT2D eigenvalue weighted by atomic mass is 16.5. The Kier molecular flexibility index (Phi) is 21.3. The summed E-state index contributed by atoms with van der Waals surface area (Å²) in [7, 11) is 0. The van der Waals surface area contributed by atoms with E-state index < -0.39 is 6.04 Å². The van der Waals surface area contributed by atoms with Gasteiger partial charge in [-0.3, -0.25) is 14.4 Å². The highest BCUT2D eigenvalue weighted by Gasteiger charge is 2.20. The monoisotopic (exact) mass is 484 g/mol. The van der Waals surface area contributed by atoms with E-state index in [2.05, 4.69) is 30.7 Å². The zero-order valence-corrected chi connectivity index (χ0v) is 19.8. The molecule has 0 heterocycles. The van der Waals surface area contributed by atoms with Crippen LogP contribution in [0.1, 0.15) is 45.4 Å². The number of ether oxygens (including phenoxy) is 3. The third-order valence-electron chi connectivity index (χ3n) is 4.29. The highest BCUT2D eigenvalue weighted by Crippen LogP contribution is 2.06. The molecule has 0 bridgehead atoms. The summed E-state index contributed by atoms with van der Waals surface area (Å²) in [5.74, 6) is -0.723. The number of hydrogen-bond donors (Lipinski definition) is 2. The number of amides is 2. The van der Waals surface area contributed by atoms with Gasteiger partial charge in [0.2, 0.25) is 11.8 Å². The van der Waals surface area contributed by atoms with Gasteiger partial charge in [0.25, 0.3) is 0 Å². The Morgan fingerprint density at radius 3 is 2.18 bits per heavy atom. The molecule has 0 radical (unpaired) electrons. The van der Waals surface area contributed by atoms with Crippen LogP contribution in [0, 0.1) is 0 Å². The van der Waals surface area contributed by atoms with Gasteiger partial charge in [-0.1, -0.05) is 17.2 Å². The maximum atomic E-state index is 12.6. The molecule has 0 rings (SSSR count). The lowest BCUT2D eigenvalue weighted by molar-refractivity contribution is -0.131. The van der Waals surface area contributed by atoms with Crippen LogP contribution >= 0.6 is 0 Å². The van der Waals surface area contributed by atoms with E-state index in [0.29, 0.717) is 45.4 Å². The normalized spacial score (nSPS) is 11.1. The standard InChI is InChI=1S/C20H36N8O6/c1-2-11-33-16-20(31)26-17(18(29)7-5-12-32-13-9-24-27-21)6-3-4-8-23-19(30)15-34-14-10-25-28-22/h17H,2-16H2,1H3,(H,23,30)(H,26,31)/t17-/m0/s1. The SMILES string of the molecule is CCCOCC(=O)N[C@@H](CCCCNC(=O)COCCN=[N+]=[N-])C(=O)CCCOCCN=[N+]=[N-]. The number of nitrogens with one attached hydrogen (secondary N) is 2. The summed E-state index contributed by atoms with van der Waals surface area (Å²) >= 11 is 0. The fourth-order valence-electron chi connectivity index (χ4n) is 2.70. The van der Waals surface area contributed by atoms with Gasteiger partial charge in [-0.15, -0.1) is 0 Å². The lowest BCUT2D eigenvalue weighted by Crippen LogP contribution is -2.42. The van der Waals surface area contributed by atoms with E-state index in [1.807, 2.05) is 6.92 Å². The molecule has 0 aromatic heterocycles. The number of ketones is 1. The first-order valence-corrected chi connectivity index (χ1v) is 11.4. The quantitative estimate of drug-likeness (QED) is 0.0962. The summed E-state index contributed by atoms with van der Waals surface area (Å²) in [5.41, 5.74) is 16.4. The maximum Gasteiger partial charge on any atom is 0.246 e. The molecule has 0 unspecified atom stereocenters. The van der Waals surface area contributed by atoms with Gasteiger partial charge < -0.3 is 24.8 Å². The summed E-state index contributed by atoms with van der Waals surface area (Å²) in [5, 5.41) is 12.1. The van der Waals surface area contributed by atoms with Crippen molar-refractivity contribution in [2.75, 3.05) is 59.3 Å². The Hall–Kier alpha value is -2.89. The summed E-state index contributed by atoms with van der Waals surface area (Å²) in [6.45, 7) is 3.79. The topological polar surface area (TPSA) is 200 Å². The summed E-state index contributed by atoms with van der Waals surface area (Å²) in [6.07, 6.45) is 3.20. The number of rotatable bonds is 23. The van der Waals surface area contributed by atoms with Crippen LogP contribution in [0.25, 0.3) is 20.9 Å². The van der Waals surface area contributed by atoms with Crippen LogP contribution in [-0.4, -0.2) is 82.9 Å². The van der Waals surface area contributed by atoms with Crippen LogP contribution in [0.15, 0.2) is 10.2 Å². The minimum absolute atomic E-state index is 0.0973. The van der Waals surface area contributed by atoms with E-state index in [-0.39, 0.29) is 63.5 Å².